The Bertz CT molecular complexity index is 887. The van der Waals surface area contributed by atoms with Gasteiger partial charge in [0.15, 0.2) is 5.65 Å². The lowest BCUT2D eigenvalue weighted by atomic mass is 10.0. The van der Waals surface area contributed by atoms with Gasteiger partial charge in [-0.3, -0.25) is 4.57 Å². The largest absolute Gasteiger partial charge is 0.495 e. The molecular weight excluding hydrogens is 310 g/mol. The van der Waals surface area contributed by atoms with E-state index in [2.05, 4.69) is 45.9 Å². The summed E-state index contributed by atoms with van der Waals surface area (Å²) in [6.45, 7) is 8.19. The van der Waals surface area contributed by atoms with Crippen LogP contribution in [0.15, 0.2) is 19.2 Å². The molecule has 9 nitrogen and oxygen atoms in total. The highest BCUT2D eigenvalue weighted by atomic mass is 16.5. The van der Waals surface area contributed by atoms with Crippen molar-refractivity contribution < 1.29 is 9.47 Å². The molecule has 126 valence electrons. The molecule has 1 aliphatic heterocycles. The van der Waals surface area contributed by atoms with Crippen molar-refractivity contribution in [2.45, 2.75) is 45.6 Å². The van der Waals surface area contributed by atoms with Crippen LogP contribution in [0.2, 0.25) is 0 Å². The standard InChI is InChI=1S/C15H19N7O2/c1-4-11-9(3)6-12(24-11)21-8-16-13-10(7-23-5-2)22-15(17-14(13)21)18-19-20-22/h5,8-9,11-12H,2,4,6-7H2,1,3H3/t9-,11-,12-/m1/s1. The molecule has 0 aliphatic carbocycles. The van der Waals surface area contributed by atoms with Crippen molar-refractivity contribution in [1.82, 2.24) is 34.6 Å². The van der Waals surface area contributed by atoms with Crippen LogP contribution in [0.4, 0.5) is 0 Å². The van der Waals surface area contributed by atoms with Gasteiger partial charge in [0.1, 0.15) is 24.0 Å². The summed E-state index contributed by atoms with van der Waals surface area (Å²) in [5.41, 5.74) is 2.14. The zero-order valence-electron chi connectivity index (χ0n) is 13.7. The molecular formula is C15H19N7O2. The maximum Gasteiger partial charge on any atom is 0.275 e. The van der Waals surface area contributed by atoms with E-state index in [0.717, 1.165) is 18.5 Å². The molecule has 0 amide bonds. The summed E-state index contributed by atoms with van der Waals surface area (Å²) >= 11 is 0. The molecule has 1 fully saturated rings. The Hall–Kier alpha value is -2.55. The lowest BCUT2D eigenvalue weighted by Crippen LogP contribution is -2.13. The van der Waals surface area contributed by atoms with Crippen molar-refractivity contribution in [2.24, 2.45) is 5.92 Å². The zero-order chi connectivity index (χ0) is 16.7. The van der Waals surface area contributed by atoms with Crippen LogP contribution in [-0.2, 0) is 16.1 Å². The number of hydrogen-bond donors (Lipinski definition) is 0. The van der Waals surface area contributed by atoms with Gasteiger partial charge in [-0.15, -0.1) is 0 Å². The van der Waals surface area contributed by atoms with Gasteiger partial charge in [0.25, 0.3) is 5.78 Å². The Morgan fingerprint density at radius 1 is 1.50 bits per heavy atom. The van der Waals surface area contributed by atoms with E-state index in [1.54, 1.807) is 6.33 Å². The first kappa shape index (κ1) is 15.0. The fraction of sp³-hybridized carbons (Fsp3) is 0.533. The Morgan fingerprint density at radius 2 is 2.38 bits per heavy atom. The molecule has 0 N–H and O–H groups in total. The molecule has 24 heavy (non-hydrogen) atoms. The second-order valence-electron chi connectivity index (χ2n) is 6.00. The normalized spacial score (nSPS) is 24.0. The number of ether oxygens (including phenoxy) is 2. The van der Waals surface area contributed by atoms with E-state index in [1.165, 1.54) is 10.8 Å². The molecule has 0 bridgehead atoms. The number of rotatable bonds is 5. The van der Waals surface area contributed by atoms with Gasteiger partial charge in [-0.25, -0.2) is 4.98 Å². The van der Waals surface area contributed by atoms with Crippen LogP contribution in [0.25, 0.3) is 16.9 Å². The monoisotopic (exact) mass is 329 g/mol. The molecule has 0 radical (unpaired) electrons. The van der Waals surface area contributed by atoms with Gasteiger partial charge >= 0.3 is 0 Å². The second-order valence-corrected chi connectivity index (χ2v) is 6.00. The van der Waals surface area contributed by atoms with Crippen molar-refractivity contribution in [2.75, 3.05) is 0 Å². The fourth-order valence-corrected chi connectivity index (χ4v) is 3.31. The summed E-state index contributed by atoms with van der Waals surface area (Å²) in [4.78, 5) is 9.06. The predicted molar refractivity (Wildman–Crippen MR) is 84.8 cm³/mol. The zero-order valence-corrected chi connectivity index (χ0v) is 13.7. The van der Waals surface area contributed by atoms with Crippen LogP contribution < -0.4 is 0 Å². The summed E-state index contributed by atoms with van der Waals surface area (Å²) in [6.07, 6.45) is 5.25. The minimum Gasteiger partial charge on any atom is -0.495 e. The van der Waals surface area contributed by atoms with E-state index in [-0.39, 0.29) is 18.9 Å². The third kappa shape index (κ3) is 2.23. The van der Waals surface area contributed by atoms with Crippen LogP contribution in [0.5, 0.6) is 0 Å². The number of fused-ring (bicyclic) bond motifs is 2. The van der Waals surface area contributed by atoms with Gasteiger partial charge in [-0.05, 0) is 29.2 Å². The summed E-state index contributed by atoms with van der Waals surface area (Å²) in [5, 5.41) is 11.6. The van der Waals surface area contributed by atoms with E-state index in [1.807, 2.05) is 4.57 Å². The first-order valence-corrected chi connectivity index (χ1v) is 8.04. The lowest BCUT2D eigenvalue weighted by molar-refractivity contribution is -0.00303. The highest BCUT2D eigenvalue weighted by molar-refractivity contribution is 5.75. The lowest BCUT2D eigenvalue weighted by Gasteiger charge is -2.14. The SMILES string of the molecule is C=COCc1c2ncn([C@H]3C[C@@H](C)[C@@H](CC)O3)c2nc2nnnn12. The summed E-state index contributed by atoms with van der Waals surface area (Å²) in [5.74, 6) is 0.907. The van der Waals surface area contributed by atoms with Gasteiger partial charge in [0.2, 0.25) is 0 Å². The van der Waals surface area contributed by atoms with E-state index < -0.39 is 0 Å². The number of tetrazole rings is 1. The highest BCUT2D eigenvalue weighted by Gasteiger charge is 2.33. The molecule has 3 aromatic heterocycles. The first-order valence-electron chi connectivity index (χ1n) is 8.04. The molecule has 1 saturated heterocycles. The Labute approximate surface area is 138 Å². The molecule has 3 atom stereocenters. The van der Waals surface area contributed by atoms with E-state index >= 15 is 0 Å². The maximum absolute atomic E-state index is 6.17. The Kier molecular flexibility index (Phi) is 3.64. The smallest absolute Gasteiger partial charge is 0.275 e. The average Bonchev–Trinajstić information content (AvgIpc) is 3.29. The number of aromatic nitrogens is 7. The summed E-state index contributed by atoms with van der Waals surface area (Å²) in [7, 11) is 0. The highest BCUT2D eigenvalue weighted by Crippen LogP contribution is 2.36. The average molecular weight is 329 g/mol. The van der Waals surface area contributed by atoms with Gasteiger partial charge in [-0.1, -0.05) is 25.5 Å². The van der Waals surface area contributed by atoms with Crippen molar-refractivity contribution in [3.8, 4) is 0 Å². The van der Waals surface area contributed by atoms with Gasteiger partial charge in [0, 0.05) is 0 Å². The molecule has 9 heteroatoms. The van der Waals surface area contributed by atoms with E-state index in [4.69, 9.17) is 9.47 Å². The minimum absolute atomic E-state index is 0.0750. The quantitative estimate of drug-likeness (QED) is 0.660. The number of nitrogens with zero attached hydrogens (tertiary/aromatic N) is 7. The second kappa shape index (κ2) is 5.82. The summed E-state index contributed by atoms with van der Waals surface area (Å²) < 4.78 is 15.0. The van der Waals surface area contributed by atoms with Crippen molar-refractivity contribution in [1.29, 1.82) is 0 Å². The minimum atomic E-state index is -0.0750. The third-order valence-electron chi connectivity index (χ3n) is 4.55. The van der Waals surface area contributed by atoms with Crippen molar-refractivity contribution >= 4 is 16.9 Å². The van der Waals surface area contributed by atoms with Crippen LogP contribution in [0.3, 0.4) is 0 Å². The van der Waals surface area contributed by atoms with E-state index in [9.17, 15) is 0 Å². The number of hydrogen-bond acceptors (Lipinski definition) is 7. The summed E-state index contributed by atoms with van der Waals surface area (Å²) in [6, 6.07) is 0. The third-order valence-corrected chi connectivity index (χ3v) is 4.55. The van der Waals surface area contributed by atoms with Crippen LogP contribution >= 0.6 is 0 Å². The van der Waals surface area contributed by atoms with Crippen LogP contribution in [-0.4, -0.2) is 40.7 Å². The predicted octanol–water partition coefficient (Wildman–Crippen LogP) is 1.86. The van der Waals surface area contributed by atoms with Crippen LogP contribution in [0, 0.1) is 5.92 Å². The van der Waals surface area contributed by atoms with Gasteiger partial charge in [0.05, 0.1) is 18.7 Å². The van der Waals surface area contributed by atoms with Gasteiger partial charge in [-0.2, -0.15) is 9.50 Å². The molecule has 0 spiro atoms. The van der Waals surface area contributed by atoms with Crippen molar-refractivity contribution in [3.63, 3.8) is 0 Å². The maximum atomic E-state index is 6.17. The molecule has 0 aromatic carbocycles. The Balaban J connectivity index is 1.82. The molecule has 4 heterocycles. The molecule has 0 saturated carbocycles. The topological polar surface area (TPSA) is 92.2 Å². The molecule has 4 rings (SSSR count). The Morgan fingerprint density at radius 3 is 3.12 bits per heavy atom. The first-order chi connectivity index (χ1) is 11.7. The number of imidazole rings is 1. The van der Waals surface area contributed by atoms with E-state index in [0.29, 0.717) is 22.9 Å². The van der Waals surface area contributed by atoms with Crippen LogP contribution in [0.1, 0.15) is 38.6 Å². The molecule has 0 unspecified atom stereocenters. The van der Waals surface area contributed by atoms with Gasteiger partial charge < -0.3 is 9.47 Å². The molecule has 1 aliphatic rings. The molecule has 3 aromatic rings. The van der Waals surface area contributed by atoms with Crippen molar-refractivity contribution in [3.05, 3.63) is 24.9 Å². The fourth-order valence-electron chi connectivity index (χ4n) is 3.31.